The Kier molecular flexibility index (Phi) is 5.40. The van der Waals surface area contributed by atoms with E-state index >= 15 is 0 Å². The number of pyridine rings is 1. The molecule has 0 spiro atoms. The number of carbonyl (C=O) groups is 1. The second-order valence-corrected chi connectivity index (χ2v) is 6.65. The Hall–Kier alpha value is -1.10. The van der Waals surface area contributed by atoms with Gasteiger partial charge in [0.2, 0.25) is 5.91 Å². The van der Waals surface area contributed by atoms with E-state index in [0.29, 0.717) is 6.04 Å². The second-order valence-electron chi connectivity index (χ2n) is 5.73. The van der Waals surface area contributed by atoms with Gasteiger partial charge in [0, 0.05) is 28.7 Å². The zero-order chi connectivity index (χ0) is 14.5. The van der Waals surface area contributed by atoms with Crippen molar-refractivity contribution in [3.63, 3.8) is 0 Å². The Morgan fingerprint density at radius 1 is 1.40 bits per heavy atom. The summed E-state index contributed by atoms with van der Waals surface area (Å²) in [5.74, 6) is 1.19. The third kappa shape index (κ3) is 4.47. The van der Waals surface area contributed by atoms with E-state index in [9.17, 15) is 4.79 Å². The van der Waals surface area contributed by atoms with E-state index in [2.05, 4.69) is 31.5 Å². The molecule has 2 N–H and O–H groups in total. The summed E-state index contributed by atoms with van der Waals surface area (Å²) in [6, 6.07) is 4.48. The maximum atomic E-state index is 12.1. The summed E-state index contributed by atoms with van der Waals surface area (Å²) in [7, 11) is 0. The SMILES string of the molecule is CC(C)NC(=O)C1CCCC(Nc2ccc(Br)cn2)C1. The molecule has 2 unspecified atom stereocenters. The molecule has 4 nitrogen and oxygen atoms in total. The normalized spacial score (nSPS) is 22.6. The predicted molar refractivity (Wildman–Crippen MR) is 84.6 cm³/mol. The largest absolute Gasteiger partial charge is 0.367 e. The molecule has 1 fully saturated rings. The van der Waals surface area contributed by atoms with Crippen molar-refractivity contribution in [3.05, 3.63) is 22.8 Å². The lowest BCUT2D eigenvalue weighted by atomic mass is 9.85. The van der Waals surface area contributed by atoms with Crippen LogP contribution >= 0.6 is 15.9 Å². The minimum atomic E-state index is 0.124. The summed E-state index contributed by atoms with van der Waals surface area (Å²) >= 11 is 3.38. The molecule has 20 heavy (non-hydrogen) atoms. The first-order valence-corrected chi connectivity index (χ1v) is 8.02. The number of hydrogen-bond acceptors (Lipinski definition) is 3. The number of aromatic nitrogens is 1. The van der Waals surface area contributed by atoms with E-state index in [0.717, 1.165) is 36.0 Å². The van der Waals surface area contributed by atoms with Crippen molar-refractivity contribution in [2.45, 2.75) is 51.6 Å². The Morgan fingerprint density at radius 2 is 2.20 bits per heavy atom. The van der Waals surface area contributed by atoms with Crippen LogP contribution in [-0.4, -0.2) is 23.0 Å². The average molecular weight is 340 g/mol. The smallest absolute Gasteiger partial charge is 0.223 e. The average Bonchev–Trinajstić information content (AvgIpc) is 2.41. The van der Waals surface area contributed by atoms with Gasteiger partial charge in [-0.05, 0) is 61.2 Å². The van der Waals surface area contributed by atoms with Gasteiger partial charge in [0.25, 0.3) is 0 Å². The number of hydrogen-bond donors (Lipinski definition) is 2. The molecular weight excluding hydrogens is 318 g/mol. The van der Waals surface area contributed by atoms with Crippen LogP contribution in [0.1, 0.15) is 39.5 Å². The molecule has 0 radical (unpaired) electrons. The summed E-state index contributed by atoms with van der Waals surface area (Å²) in [5.41, 5.74) is 0. The molecule has 0 saturated heterocycles. The van der Waals surface area contributed by atoms with Crippen molar-refractivity contribution in [1.82, 2.24) is 10.3 Å². The van der Waals surface area contributed by atoms with Crippen LogP contribution in [0, 0.1) is 5.92 Å². The molecule has 1 aliphatic rings. The summed E-state index contributed by atoms with van der Waals surface area (Å²) < 4.78 is 0.973. The molecule has 0 bridgehead atoms. The highest BCUT2D eigenvalue weighted by Crippen LogP contribution is 2.26. The van der Waals surface area contributed by atoms with Gasteiger partial charge in [0.1, 0.15) is 5.82 Å². The Labute approximate surface area is 128 Å². The molecule has 1 aliphatic carbocycles. The molecule has 1 heterocycles. The molecule has 1 aromatic rings. The Morgan fingerprint density at radius 3 is 2.85 bits per heavy atom. The first kappa shape index (κ1) is 15.3. The van der Waals surface area contributed by atoms with Crippen LogP contribution < -0.4 is 10.6 Å². The lowest BCUT2D eigenvalue weighted by Gasteiger charge is -2.29. The van der Waals surface area contributed by atoms with Crippen molar-refractivity contribution in [1.29, 1.82) is 0 Å². The second kappa shape index (κ2) is 7.07. The van der Waals surface area contributed by atoms with Gasteiger partial charge in [-0.15, -0.1) is 0 Å². The van der Waals surface area contributed by atoms with E-state index in [-0.39, 0.29) is 17.9 Å². The topological polar surface area (TPSA) is 54.0 Å². The predicted octanol–water partition coefficient (Wildman–Crippen LogP) is 3.34. The third-order valence-electron chi connectivity index (χ3n) is 3.56. The van der Waals surface area contributed by atoms with Crippen LogP contribution in [-0.2, 0) is 4.79 Å². The molecule has 5 heteroatoms. The van der Waals surface area contributed by atoms with Crippen LogP contribution in [0.15, 0.2) is 22.8 Å². The van der Waals surface area contributed by atoms with Crippen molar-refractivity contribution < 1.29 is 4.79 Å². The number of nitrogens with one attached hydrogen (secondary N) is 2. The Bertz CT molecular complexity index is 447. The number of nitrogens with zero attached hydrogens (tertiary/aromatic N) is 1. The van der Waals surface area contributed by atoms with Crippen molar-refractivity contribution >= 4 is 27.7 Å². The minimum absolute atomic E-state index is 0.124. The van der Waals surface area contributed by atoms with Gasteiger partial charge < -0.3 is 10.6 Å². The standard InChI is InChI=1S/C15H22BrN3O/c1-10(2)18-15(20)11-4-3-5-13(8-11)19-14-7-6-12(16)9-17-14/h6-7,9-11,13H,3-5,8H2,1-2H3,(H,17,19)(H,18,20). The van der Waals surface area contributed by atoms with E-state index < -0.39 is 0 Å². The van der Waals surface area contributed by atoms with Crippen LogP contribution in [0.3, 0.4) is 0 Å². The fourth-order valence-electron chi connectivity index (χ4n) is 2.63. The van der Waals surface area contributed by atoms with E-state index in [1.807, 2.05) is 26.0 Å². The Balaban J connectivity index is 1.90. The summed E-state index contributed by atoms with van der Waals surface area (Å²) in [6.45, 7) is 4.00. The molecule has 110 valence electrons. The van der Waals surface area contributed by atoms with Crippen LogP contribution in [0.5, 0.6) is 0 Å². The molecule has 1 aromatic heterocycles. The summed E-state index contributed by atoms with van der Waals surface area (Å²) in [6.07, 6.45) is 5.85. The van der Waals surface area contributed by atoms with Crippen LogP contribution in [0.25, 0.3) is 0 Å². The van der Waals surface area contributed by atoms with Crippen molar-refractivity contribution in [2.24, 2.45) is 5.92 Å². The number of anilines is 1. The zero-order valence-electron chi connectivity index (χ0n) is 12.0. The minimum Gasteiger partial charge on any atom is -0.367 e. The van der Waals surface area contributed by atoms with Gasteiger partial charge in [0.05, 0.1) is 0 Å². The summed E-state index contributed by atoms with van der Waals surface area (Å²) in [5, 5.41) is 6.45. The molecule has 2 rings (SSSR count). The van der Waals surface area contributed by atoms with Gasteiger partial charge in [-0.1, -0.05) is 6.42 Å². The summed E-state index contributed by atoms with van der Waals surface area (Å²) in [4.78, 5) is 16.4. The lowest BCUT2D eigenvalue weighted by Crippen LogP contribution is -2.40. The van der Waals surface area contributed by atoms with E-state index in [1.165, 1.54) is 0 Å². The third-order valence-corrected chi connectivity index (χ3v) is 4.02. The van der Waals surface area contributed by atoms with Gasteiger partial charge in [-0.3, -0.25) is 4.79 Å². The first-order chi connectivity index (χ1) is 9.54. The quantitative estimate of drug-likeness (QED) is 0.884. The first-order valence-electron chi connectivity index (χ1n) is 7.23. The highest BCUT2D eigenvalue weighted by Gasteiger charge is 2.27. The number of halogens is 1. The number of carbonyl (C=O) groups excluding carboxylic acids is 1. The molecule has 0 aromatic carbocycles. The monoisotopic (exact) mass is 339 g/mol. The number of rotatable bonds is 4. The van der Waals surface area contributed by atoms with E-state index in [1.54, 1.807) is 6.20 Å². The highest BCUT2D eigenvalue weighted by atomic mass is 79.9. The molecule has 1 saturated carbocycles. The van der Waals surface area contributed by atoms with Gasteiger partial charge in [0.15, 0.2) is 0 Å². The molecular formula is C15H22BrN3O. The van der Waals surface area contributed by atoms with Crippen molar-refractivity contribution in [2.75, 3.05) is 5.32 Å². The maximum Gasteiger partial charge on any atom is 0.223 e. The highest BCUT2D eigenvalue weighted by molar-refractivity contribution is 9.10. The fraction of sp³-hybridized carbons (Fsp3) is 0.600. The van der Waals surface area contributed by atoms with Crippen LogP contribution in [0.4, 0.5) is 5.82 Å². The fourth-order valence-corrected chi connectivity index (χ4v) is 2.87. The van der Waals surface area contributed by atoms with Gasteiger partial charge in [-0.2, -0.15) is 0 Å². The molecule has 0 aliphatic heterocycles. The van der Waals surface area contributed by atoms with Crippen molar-refractivity contribution in [3.8, 4) is 0 Å². The van der Waals surface area contributed by atoms with Gasteiger partial charge >= 0.3 is 0 Å². The van der Waals surface area contributed by atoms with Gasteiger partial charge in [-0.25, -0.2) is 4.98 Å². The maximum absolute atomic E-state index is 12.1. The zero-order valence-corrected chi connectivity index (χ0v) is 13.6. The molecule has 1 amide bonds. The number of amides is 1. The molecule has 2 atom stereocenters. The lowest BCUT2D eigenvalue weighted by molar-refractivity contribution is -0.126. The van der Waals surface area contributed by atoms with E-state index in [4.69, 9.17) is 0 Å². The van der Waals surface area contributed by atoms with Crippen LogP contribution in [0.2, 0.25) is 0 Å².